The summed E-state index contributed by atoms with van der Waals surface area (Å²) < 4.78 is 0. The number of aryl methyl sites for hydroxylation is 2. The Labute approximate surface area is 105 Å². The van der Waals surface area contributed by atoms with Crippen molar-refractivity contribution in [3.63, 3.8) is 0 Å². The molecule has 1 aromatic rings. The monoisotopic (exact) mass is 227 g/mol. The van der Waals surface area contributed by atoms with Crippen molar-refractivity contribution in [2.75, 3.05) is 0 Å². The molecule has 90 valence electrons. The number of nitrogens with zero attached hydrogens (tertiary/aromatic N) is 1. The van der Waals surface area contributed by atoms with Gasteiger partial charge in [0.1, 0.15) is 0 Å². The van der Waals surface area contributed by atoms with Crippen molar-refractivity contribution in [2.24, 2.45) is 4.99 Å². The lowest BCUT2D eigenvalue weighted by Crippen LogP contribution is -1.92. The quantitative estimate of drug-likeness (QED) is 0.524. The van der Waals surface area contributed by atoms with E-state index in [1.807, 2.05) is 20.1 Å². The SMILES string of the molecule is C=C(/C(C)=C(/C)N=CC)c1cc(C)ccc1C. The van der Waals surface area contributed by atoms with Gasteiger partial charge in [0, 0.05) is 11.9 Å². The Morgan fingerprint density at radius 3 is 2.47 bits per heavy atom. The molecular weight excluding hydrogens is 206 g/mol. The maximum absolute atomic E-state index is 4.32. The second-order valence-electron chi connectivity index (χ2n) is 4.39. The van der Waals surface area contributed by atoms with Crippen molar-refractivity contribution in [3.05, 3.63) is 52.7 Å². The summed E-state index contributed by atoms with van der Waals surface area (Å²) >= 11 is 0. The summed E-state index contributed by atoms with van der Waals surface area (Å²) in [6, 6.07) is 6.45. The van der Waals surface area contributed by atoms with E-state index in [2.05, 4.69) is 50.5 Å². The molecule has 0 radical (unpaired) electrons. The third kappa shape index (κ3) is 3.16. The number of aliphatic imine (C=N–C) groups is 1. The van der Waals surface area contributed by atoms with Gasteiger partial charge in [0.05, 0.1) is 0 Å². The molecule has 0 unspecified atom stereocenters. The van der Waals surface area contributed by atoms with Crippen molar-refractivity contribution in [1.29, 1.82) is 0 Å². The molecule has 0 saturated carbocycles. The zero-order chi connectivity index (χ0) is 13.0. The molecule has 0 aliphatic carbocycles. The Hall–Kier alpha value is -1.63. The lowest BCUT2D eigenvalue weighted by molar-refractivity contribution is 1.24. The van der Waals surface area contributed by atoms with Crippen LogP contribution in [0.15, 0.2) is 41.0 Å². The van der Waals surface area contributed by atoms with E-state index in [9.17, 15) is 0 Å². The predicted octanol–water partition coefficient (Wildman–Crippen LogP) is 4.70. The maximum atomic E-state index is 4.32. The molecule has 1 aromatic carbocycles. The zero-order valence-electron chi connectivity index (χ0n) is 11.5. The van der Waals surface area contributed by atoms with Gasteiger partial charge < -0.3 is 0 Å². The number of rotatable bonds is 3. The van der Waals surface area contributed by atoms with E-state index >= 15 is 0 Å². The molecule has 0 spiro atoms. The molecule has 0 fully saturated rings. The summed E-state index contributed by atoms with van der Waals surface area (Å²) in [5, 5.41) is 0. The lowest BCUT2D eigenvalue weighted by Gasteiger charge is -2.12. The first-order valence-corrected chi connectivity index (χ1v) is 5.90. The highest BCUT2D eigenvalue weighted by molar-refractivity contribution is 5.79. The van der Waals surface area contributed by atoms with Gasteiger partial charge in [-0.2, -0.15) is 0 Å². The summed E-state index contributed by atoms with van der Waals surface area (Å²) in [6.07, 6.45) is 1.81. The van der Waals surface area contributed by atoms with Crippen LogP contribution in [0, 0.1) is 13.8 Å². The van der Waals surface area contributed by atoms with Gasteiger partial charge in [-0.3, -0.25) is 4.99 Å². The van der Waals surface area contributed by atoms with Crippen molar-refractivity contribution in [2.45, 2.75) is 34.6 Å². The molecular formula is C16H21N. The average molecular weight is 227 g/mol. The van der Waals surface area contributed by atoms with Gasteiger partial charge >= 0.3 is 0 Å². The van der Waals surface area contributed by atoms with Crippen LogP contribution in [-0.2, 0) is 0 Å². The minimum absolute atomic E-state index is 1.03. The van der Waals surface area contributed by atoms with Crippen molar-refractivity contribution in [1.82, 2.24) is 0 Å². The second-order valence-corrected chi connectivity index (χ2v) is 4.39. The first-order valence-electron chi connectivity index (χ1n) is 5.90. The average Bonchev–Trinajstić information content (AvgIpc) is 2.30. The number of hydrogen-bond donors (Lipinski definition) is 0. The normalized spacial score (nSPS) is 12.8. The Morgan fingerprint density at radius 2 is 1.88 bits per heavy atom. The van der Waals surface area contributed by atoms with Gasteiger partial charge in [0.15, 0.2) is 0 Å². The molecule has 17 heavy (non-hydrogen) atoms. The van der Waals surface area contributed by atoms with Gasteiger partial charge in [-0.25, -0.2) is 0 Å². The van der Waals surface area contributed by atoms with E-state index in [0.29, 0.717) is 0 Å². The van der Waals surface area contributed by atoms with Gasteiger partial charge in [-0.1, -0.05) is 30.3 Å². The number of benzene rings is 1. The summed E-state index contributed by atoms with van der Waals surface area (Å²) in [4.78, 5) is 4.32. The molecule has 1 nitrogen and oxygen atoms in total. The van der Waals surface area contributed by atoms with Crippen LogP contribution in [0.5, 0.6) is 0 Å². The third-order valence-electron chi connectivity index (χ3n) is 3.04. The molecule has 0 N–H and O–H groups in total. The highest BCUT2D eigenvalue weighted by atomic mass is 14.7. The Bertz CT molecular complexity index is 490. The van der Waals surface area contributed by atoms with Gasteiger partial charge in [0.25, 0.3) is 0 Å². The first kappa shape index (κ1) is 13.4. The van der Waals surface area contributed by atoms with Gasteiger partial charge in [-0.05, 0) is 56.9 Å². The van der Waals surface area contributed by atoms with Crippen LogP contribution < -0.4 is 0 Å². The van der Waals surface area contributed by atoms with Crippen LogP contribution in [0.25, 0.3) is 5.57 Å². The van der Waals surface area contributed by atoms with Crippen LogP contribution in [0.1, 0.15) is 37.5 Å². The smallest absolute Gasteiger partial charge is 0.0403 e. The van der Waals surface area contributed by atoms with E-state index in [1.54, 1.807) is 0 Å². The maximum Gasteiger partial charge on any atom is 0.0403 e. The fourth-order valence-electron chi connectivity index (χ4n) is 1.77. The van der Waals surface area contributed by atoms with Crippen molar-refractivity contribution < 1.29 is 0 Å². The van der Waals surface area contributed by atoms with Crippen LogP contribution in [-0.4, -0.2) is 6.21 Å². The summed E-state index contributed by atoms with van der Waals surface area (Å²) in [5.41, 5.74) is 6.97. The minimum atomic E-state index is 1.03. The third-order valence-corrected chi connectivity index (χ3v) is 3.04. The van der Waals surface area contributed by atoms with Crippen LogP contribution in [0.2, 0.25) is 0 Å². The lowest BCUT2D eigenvalue weighted by atomic mass is 9.94. The van der Waals surface area contributed by atoms with Crippen LogP contribution in [0.4, 0.5) is 0 Å². The molecule has 1 rings (SSSR count). The topological polar surface area (TPSA) is 12.4 Å². The summed E-state index contributed by atoms with van der Waals surface area (Å²) in [7, 11) is 0. The molecule has 0 aliphatic heterocycles. The van der Waals surface area contributed by atoms with Crippen molar-refractivity contribution in [3.8, 4) is 0 Å². The Kier molecular flexibility index (Phi) is 4.45. The molecule has 1 heteroatoms. The summed E-state index contributed by atoms with van der Waals surface area (Å²) in [5.74, 6) is 0. The largest absolute Gasteiger partial charge is 0.266 e. The van der Waals surface area contributed by atoms with E-state index in [0.717, 1.165) is 16.8 Å². The molecule has 0 aromatic heterocycles. The number of hydrogen-bond acceptors (Lipinski definition) is 1. The standard InChI is InChI=1S/C16H21N/c1-7-17-15(6)13(4)14(5)16-10-11(2)8-9-12(16)3/h7-10H,5H2,1-4,6H3/b15-13-,17-7?. The van der Waals surface area contributed by atoms with Gasteiger partial charge in [-0.15, -0.1) is 0 Å². The fourth-order valence-corrected chi connectivity index (χ4v) is 1.77. The highest BCUT2D eigenvalue weighted by Crippen LogP contribution is 2.27. The van der Waals surface area contributed by atoms with E-state index < -0.39 is 0 Å². The van der Waals surface area contributed by atoms with Crippen LogP contribution in [0.3, 0.4) is 0 Å². The molecule has 0 heterocycles. The molecule has 0 atom stereocenters. The van der Waals surface area contributed by atoms with E-state index in [-0.39, 0.29) is 0 Å². The zero-order valence-corrected chi connectivity index (χ0v) is 11.5. The molecule has 0 bridgehead atoms. The molecule has 0 saturated heterocycles. The van der Waals surface area contributed by atoms with E-state index in [1.165, 1.54) is 16.7 Å². The van der Waals surface area contributed by atoms with Gasteiger partial charge in [0.2, 0.25) is 0 Å². The second kappa shape index (κ2) is 5.62. The fraction of sp³-hybridized carbons (Fsp3) is 0.312. The number of allylic oxidation sites excluding steroid dienone is 3. The minimum Gasteiger partial charge on any atom is -0.266 e. The van der Waals surface area contributed by atoms with Crippen LogP contribution >= 0.6 is 0 Å². The molecule has 0 amide bonds. The first-order chi connectivity index (χ1) is 7.97. The van der Waals surface area contributed by atoms with E-state index in [4.69, 9.17) is 0 Å². The molecule has 0 aliphatic rings. The summed E-state index contributed by atoms with van der Waals surface area (Å²) in [6.45, 7) is 14.4. The Morgan fingerprint density at radius 1 is 1.24 bits per heavy atom. The highest BCUT2D eigenvalue weighted by Gasteiger charge is 2.07. The van der Waals surface area contributed by atoms with Crippen molar-refractivity contribution >= 4 is 11.8 Å². The Balaban J connectivity index is 3.21. The predicted molar refractivity (Wildman–Crippen MR) is 77.5 cm³/mol.